The number of carbonyl (C=O) groups excluding carboxylic acids is 1. The number of anilines is 1. The highest BCUT2D eigenvalue weighted by molar-refractivity contribution is 5.93. The predicted octanol–water partition coefficient (Wildman–Crippen LogP) is -1.36. The first-order valence-corrected chi connectivity index (χ1v) is 4.78. The van der Waals surface area contributed by atoms with Crippen molar-refractivity contribution >= 4 is 11.9 Å². The molecule has 0 aromatic carbocycles. The molecule has 0 atom stereocenters. The molecule has 1 heterocycles. The van der Waals surface area contributed by atoms with Gasteiger partial charge >= 0.3 is 0 Å². The SMILES string of the molecule is CN(C)CCNC(=O)c1cnc(N)[nH]c1=O. The fourth-order valence-corrected chi connectivity index (χ4v) is 1.06. The molecule has 0 bridgehead atoms. The fraction of sp³-hybridized carbons (Fsp3) is 0.444. The Hall–Kier alpha value is -1.89. The normalized spacial score (nSPS) is 10.4. The van der Waals surface area contributed by atoms with Crippen LogP contribution in [0.3, 0.4) is 0 Å². The molecule has 0 aliphatic rings. The molecule has 0 aliphatic heterocycles. The number of likely N-dealkylation sites (N-methyl/N-ethyl adjacent to an activating group) is 1. The van der Waals surface area contributed by atoms with E-state index in [1.165, 1.54) is 6.20 Å². The molecule has 1 aromatic rings. The summed E-state index contributed by atoms with van der Waals surface area (Å²) in [6, 6.07) is 0. The zero-order valence-electron chi connectivity index (χ0n) is 9.28. The lowest BCUT2D eigenvalue weighted by Crippen LogP contribution is -2.34. The fourth-order valence-electron chi connectivity index (χ4n) is 1.06. The Balaban J connectivity index is 2.63. The van der Waals surface area contributed by atoms with Crippen LogP contribution >= 0.6 is 0 Å². The van der Waals surface area contributed by atoms with Crippen LogP contribution in [0.1, 0.15) is 10.4 Å². The number of aromatic nitrogens is 2. The van der Waals surface area contributed by atoms with Crippen LogP contribution in [0.4, 0.5) is 5.95 Å². The Morgan fingerprint density at radius 1 is 1.62 bits per heavy atom. The van der Waals surface area contributed by atoms with Crippen molar-refractivity contribution in [3.8, 4) is 0 Å². The quantitative estimate of drug-likeness (QED) is 0.587. The van der Waals surface area contributed by atoms with Crippen LogP contribution in [-0.2, 0) is 0 Å². The summed E-state index contributed by atoms with van der Waals surface area (Å²) in [6.45, 7) is 1.17. The number of nitrogens with two attached hydrogens (primary N) is 1. The van der Waals surface area contributed by atoms with Gasteiger partial charge in [0, 0.05) is 19.3 Å². The summed E-state index contributed by atoms with van der Waals surface area (Å²) in [6.07, 6.45) is 1.17. The Labute approximate surface area is 92.7 Å². The number of hydrogen-bond donors (Lipinski definition) is 3. The summed E-state index contributed by atoms with van der Waals surface area (Å²) in [5.74, 6) is -0.453. The summed E-state index contributed by atoms with van der Waals surface area (Å²) < 4.78 is 0. The number of amides is 1. The number of nitrogens with zero attached hydrogens (tertiary/aromatic N) is 2. The Morgan fingerprint density at radius 3 is 2.88 bits per heavy atom. The average molecular weight is 225 g/mol. The van der Waals surface area contributed by atoms with Crippen molar-refractivity contribution in [3.05, 3.63) is 22.1 Å². The van der Waals surface area contributed by atoms with Crippen molar-refractivity contribution in [2.75, 3.05) is 32.9 Å². The van der Waals surface area contributed by atoms with Crippen molar-refractivity contribution in [1.29, 1.82) is 0 Å². The zero-order chi connectivity index (χ0) is 12.1. The van der Waals surface area contributed by atoms with E-state index >= 15 is 0 Å². The maximum atomic E-state index is 11.5. The Morgan fingerprint density at radius 2 is 2.31 bits per heavy atom. The molecule has 16 heavy (non-hydrogen) atoms. The number of rotatable bonds is 4. The van der Waals surface area contributed by atoms with Gasteiger partial charge in [-0.15, -0.1) is 0 Å². The number of aromatic amines is 1. The van der Waals surface area contributed by atoms with Crippen molar-refractivity contribution in [2.24, 2.45) is 0 Å². The minimum Gasteiger partial charge on any atom is -0.369 e. The molecule has 0 radical (unpaired) electrons. The van der Waals surface area contributed by atoms with Crippen molar-refractivity contribution in [2.45, 2.75) is 0 Å². The van der Waals surface area contributed by atoms with E-state index in [4.69, 9.17) is 5.73 Å². The summed E-state index contributed by atoms with van der Waals surface area (Å²) in [7, 11) is 3.79. The molecule has 88 valence electrons. The average Bonchev–Trinajstić information content (AvgIpc) is 2.16. The van der Waals surface area contributed by atoms with Gasteiger partial charge in [-0.25, -0.2) is 4.98 Å². The van der Waals surface area contributed by atoms with Gasteiger partial charge in [0.15, 0.2) is 5.95 Å². The highest BCUT2D eigenvalue weighted by atomic mass is 16.2. The molecule has 7 nitrogen and oxygen atoms in total. The maximum absolute atomic E-state index is 11.5. The van der Waals surface area contributed by atoms with Gasteiger partial charge in [0.2, 0.25) is 0 Å². The van der Waals surface area contributed by atoms with Crippen LogP contribution < -0.4 is 16.6 Å². The molecule has 0 aliphatic carbocycles. The molecular formula is C9H15N5O2. The lowest BCUT2D eigenvalue weighted by atomic mass is 10.3. The van der Waals surface area contributed by atoms with Crippen LogP contribution in [0, 0.1) is 0 Å². The standard InChI is InChI=1S/C9H15N5O2/c1-14(2)4-3-11-7(15)6-5-12-9(10)13-8(6)16/h5H,3-4H2,1-2H3,(H,11,15)(H3,10,12,13,16). The maximum Gasteiger partial charge on any atom is 0.265 e. The van der Waals surface area contributed by atoms with Gasteiger partial charge in [0.1, 0.15) is 5.56 Å². The Bertz CT molecular complexity index is 426. The third kappa shape index (κ3) is 3.35. The zero-order valence-corrected chi connectivity index (χ0v) is 9.28. The van der Waals surface area contributed by atoms with Crippen LogP contribution in [0.15, 0.2) is 11.0 Å². The molecule has 1 aromatic heterocycles. The van der Waals surface area contributed by atoms with Gasteiger partial charge in [-0.3, -0.25) is 14.6 Å². The molecule has 4 N–H and O–H groups in total. The lowest BCUT2D eigenvalue weighted by Gasteiger charge is -2.09. The van der Waals surface area contributed by atoms with Gasteiger partial charge in [-0.2, -0.15) is 0 Å². The monoisotopic (exact) mass is 225 g/mol. The van der Waals surface area contributed by atoms with Crippen LogP contribution in [0.5, 0.6) is 0 Å². The minimum atomic E-state index is -0.533. The third-order valence-corrected chi connectivity index (χ3v) is 1.91. The highest BCUT2D eigenvalue weighted by Crippen LogP contribution is 1.90. The molecule has 0 unspecified atom stereocenters. The van der Waals surface area contributed by atoms with Gasteiger partial charge < -0.3 is 16.0 Å². The largest absolute Gasteiger partial charge is 0.369 e. The number of hydrogen-bond acceptors (Lipinski definition) is 5. The predicted molar refractivity (Wildman–Crippen MR) is 60.2 cm³/mol. The van der Waals surface area contributed by atoms with Gasteiger partial charge in [-0.1, -0.05) is 0 Å². The number of carbonyl (C=O) groups is 1. The second-order valence-electron chi connectivity index (χ2n) is 3.57. The van der Waals surface area contributed by atoms with Gasteiger partial charge in [-0.05, 0) is 14.1 Å². The summed E-state index contributed by atoms with van der Waals surface area (Å²) in [4.78, 5) is 30.7. The minimum absolute atomic E-state index is 0.00478. The van der Waals surface area contributed by atoms with Gasteiger partial charge in [0.05, 0.1) is 0 Å². The molecule has 0 saturated carbocycles. The second kappa shape index (κ2) is 5.26. The number of nitrogen functional groups attached to an aromatic ring is 1. The molecular weight excluding hydrogens is 210 g/mol. The molecule has 0 fully saturated rings. The first-order valence-electron chi connectivity index (χ1n) is 4.78. The number of H-pyrrole nitrogens is 1. The molecule has 1 rings (SSSR count). The summed E-state index contributed by atoms with van der Waals surface area (Å²) >= 11 is 0. The van der Waals surface area contributed by atoms with E-state index in [9.17, 15) is 9.59 Å². The molecule has 7 heteroatoms. The van der Waals surface area contributed by atoms with Crippen molar-refractivity contribution in [1.82, 2.24) is 20.2 Å². The summed E-state index contributed by atoms with van der Waals surface area (Å²) in [5, 5.41) is 2.61. The molecule has 0 spiro atoms. The van der Waals surface area contributed by atoms with Crippen LogP contribution in [-0.4, -0.2) is 48.0 Å². The van der Waals surface area contributed by atoms with E-state index in [2.05, 4.69) is 15.3 Å². The van der Waals surface area contributed by atoms with E-state index < -0.39 is 11.5 Å². The molecule has 0 saturated heterocycles. The first-order chi connectivity index (χ1) is 7.50. The van der Waals surface area contributed by atoms with E-state index in [0.717, 1.165) is 0 Å². The lowest BCUT2D eigenvalue weighted by molar-refractivity contribution is 0.0949. The topological polar surface area (TPSA) is 104 Å². The highest BCUT2D eigenvalue weighted by Gasteiger charge is 2.10. The summed E-state index contributed by atoms with van der Waals surface area (Å²) in [5.41, 5.74) is 4.70. The van der Waals surface area contributed by atoms with E-state index in [1.54, 1.807) is 0 Å². The van der Waals surface area contributed by atoms with Gasteiger partial charge in [0.25, 0.3) is 11.5 Å². The van der Waals surface area contributed by atoms with E-state index in [1.807, 2.05) is 19.0 Å². The first kappa shape index (κ1) is 12.2. The van der Waals surface area contributed by atoms with E-state index in [-0.39, 0.29) is 11.5 Å². The van der Waals surface area contributed by atoms with Crippen molar-refractivity contribution in [3.63, 3.8) is 0 Å². The molecule has 1 amide bonds. The van der Waals surface area contributed by atoms with Crippen LogP contribution in [0.2, 0.25) is 0 Å². The van der Waals surface area contributed by atoms with E-state index in [0.29, 0.717) is 13.1 Å². The third-order valence-electron chi connectivity index (χ3n) is 1.91. The smallest absolute Gasteiger partial charge is 0.265 e. The van der Waals surface area contributed by atoms with Crippen molar-refractivity contribution < 1.29 is 4.79 Å². The Kier molecular flexibility index (Phi) is 4.01. The number of nitrogens with one attached hydrogen (secondary N) is 2. The van der Waals surface area contributed by atoms with Crippen LogP contribution in [0.25, 0.3) is 0 Å². The second-order valence-corrected chi connectivity index (χ2v) is 3.57.